The van der Waals surface area contributed by atoms with E-state index in [2.05, 4.69) is 41.1 Å². The van der Waals surface area contributed by atoms with Crippen molar-refractivity contribution in [3.8, 4) is 11.1 Å². The minimum absolute atomic E-state index is 0.0929. The molecule has 1 aliphatic carbocycles. The van der Waals surface area contributed by atoms with E-state index in [-0.39, 0.29) is 48.7 Å². The number of ether oxygens (including phenoxy) is 3. The van der Waals surface area contributed by atoms with Crippen LogP contribution in [0, 0.1) is 5.41 Å². The van der Waals surface area contributed by atoms with Gasteiger partial charge in [0.25, 0.3) is 0 Å². The van der Waals surface area contributed by atoms with E-state index in [0.29, 0.717) is 13.2 Å². The van der Waals surface area contributed by atoms with Gasteiger partial charge in [0.2, 0.25) is 0 Å². The number of cyclic esters (lactones) is 2. The molecule has 2 unspecified atom stereocenters. The average Bonchev–Trinajstić information content (AvgIpc) is 3.73. The van der Waals surface area contributed by atoms with Crippen LogP contribution < -0.4 is 0 Å². The van der Waals surface area contributed by atoms with Gasteiger partial charge < -0.3 is 14.2 Å². The monoisotopic (exact) mass is 754 g/mol. The van der Waals surface area contributed by atoms with Gasteiger partial charge in [0, 0.05) is 0 Å². The van der Waals surface area contributed by atoms with Crippen LogP contribution in [0.2, 0.25) is 0 Å². The molecule has 0 radical (unpaired) electrons. The van der Waals surface area contributed by atoms with E-state index in [9.17, 15) is 14.4 Å². The predicted molar refractivity (Wildman–Crippen MR) is 183 cm³/mol. The number of rotatable bonds is 9. The number of amides is 2. The van der Waals surface area contributed by atoms with Crippen LogP contribution in [-0.2, 0) is 34.3 Å². The summed E-state index contributed by atoms with van der Waals surface area (Å²) in [5.41, 5.74) is 5.30. The first-order valence-electron chi connectivity index (χ1n) is 15.3. The zero-order valence-electron chi connectivity index (χ0n) is 27.1. The molecular formula is C36H39IN2O8. The molecule has 6 rings (SSSR count). The molecule has 0 saturated carbocycles. The van der Waals surface area contributed by atoms with E-state index >= 15 is 0 Å². The first-order chi connectivity index (χ1) is 22.6. The van der Waals surface area contributed by atoms with Crippen molar-refractivity contribution in [2.75, 3.05) is 34.0 Å². The minimum atomic E-state index is -0.802. The molecule has 2 fully saturated rings. The SMILES string of the molecule is COC(=O)CC(C)(C)C1COC(=O)N1I.COOC/C=C(\C)C1COC(=O)N1C1(c2ccccc2)c2ccccc2-c2ccccc21. The Hall–Kier alpha value is -3.94. The van der Waals surface area contributed by atoms with Crippen molar-refractivity contribution in [1.29, 1.82) is 0 Å². The van der Waals surface area contributed by atoms with Crippen molar-refractivity contribution in [3.05, 3.63) is 107 Å². The molecule has 2 atom stereocenters. The van der Waals surface area contributed by atoms with Gasteiger partial charge in [-0.3, -0.25) is 9.69 Å². The maximum Gasteiger partial charge on any atom is 0.419 e. The van der Waals surface area contributed by atoms with E-state index in [4.69, 9.17) is 19.2 Å². The molecule has 0 N–H and O–H groups in total. The van der Waals surface area contributed by atoms with Crippen molar-refractivity contribution in [1.82, 2.24) is 8.01 Å². The Morgan fingerprint density at radius 3 is 2.04 bits per heavy atom. The second-order valence-corrected chi connectivity index (χ2v) is 13.2. The summed E-state index contributed by atoms with van der Waals surface area (Å²) in [6.07, 6.45) is 1.53. The summed E-state index contributed by atoms with van der Waals surface area (Å²) in [7, 11) is 2.84. The van der Waals surface area contributed by atoms with Crippen molar-refractivity contribution in [3.63, 3.8) is 0 Å². The molecule has 2 saturated heterocycles. The van der Waals surface area contributed by atoms with Crippen LogP contribution in [0.15, 0.2) is 90.5 Å². The molecule has 0 aromatic heterocycles. The molecule has 3 aliphatic rings. The number of carbonyl (C=O) groups is 3. The number of carbonyl (C=O) groups excluding carboxylic acids is 3. The molecule has 10 nitrogen and oxygen atoms in total. The van der Waals surface area contributed by atoms with Crippen molar-refractivity contribution in [2.45, 2.75) is 44.8 Å². The van der Waals surface area contributed by atoms with Crippen LogP contribution >= 0.6 is 22.9 Å². The Kier molecular flexibility index (Phi) is 10.6. The molecule has 248 valence electrons. The van der Waals surface area contributed by atoms with Gasteiger partial charge in [-0.15, -0.1) is 0 Å². The van der Waals surface area contributed by atoms with Crippen LogP contribution in [0.5, 0.6) is 0 Å². The van der Waals surface area contributed by atoms with Crippen LogP contribution in [0.25, 0.3) is 11.1 Å². The maximum absolute atomic E-state index is 13.4. The Balaban J connectivity index is 0.000000244. The molecule has 3 aromatic carbocycles. The number of halogens is 1. The summed E-state index contributed by atoms with van der Waals surface area (Å²) in [6.45, 7) is 6.75. The molecule has 0 bridgehead atoms. The van der Waals surface area contributed by atoms with E-state index in [1.165, 1.54) is 17.3 Å². The van der Waals surface area contributed by atoms with Gasteiger partial charge in [0.1, 0.15) is 25.4 Å². The van der Waals surface area contributed by atoms with Gasteiger partial charge in [0.15, 0.2) is 0 Å². The van der Waals surface area contributed by atoms with Crippen LogP contribution in [0.3, 0.4) is 0 Å². The minimum Gasteiger partial charge on any atom is -0.469 e. The fraction of sp³-hybridized carbons (Fsp3) is 0.361. The van der Waals surface area contributed by atoms with Gasteiger partial charge in [-0.2, -0.15) is 0 Å². The molecule has 11 heteroatoms. The second kappa shape index (κ2) is 14.4. The van der Waals surface area contributed by atoms with E-state index in [1.54, 1.807) is 0 Å². The van der Waals surface area contributed by atoms with Gasteiger partial charge in [0.05, 0.1) is 55.6 Å². The lowest BCUT2D eigenvalue weighted by Crippen LogP contribution is -2.52. The normalized spacial score (nSPS) is 19.7. The maximum atomic E-state index is 13.4. The number of hydrogen-bond donors (Lipinski definition) is 0. The van der Waals surface area contributed by atoms with Gasteiger partial charge in [-0.25, -0.2) is 22.5 Å². The topological polar surface area (TPSA) is 104 Å². The summed E-state index contributed by atoms with van der Waals surface area (Å²) in [5, 5.41) is 0. The third-order valence-corrected chi connectivity index (χ3v) is 10.1. The quantitative estimate of drug-likeness (QED) is 0.0335. The Labute approximate surface area is 289 Å². The zero-order valence-corrected chi connectivity index (χ0v) is 29.3. The lowest BCUT2D eigenvalue weighted by molar-refractivity contribution is -0.263. The van der Waals surface area contributed by atoms with Crippen LogP contribution in [-0.4, -0.2) is 72.3 Å². The van der Waals surface area contributed by atoms with Gasteiger partial charge >= 0.3 is 18.2 Å². The first kappa shape index (κ1) is 34.4. The molecule has 0 spiro atoms. The Bertz CT molecular complexity index is 1600. The van der Waals surface area contributed by atoms with Crippen molar-refractivity contribution < 1.29 is 38.4 Å². The lowest BCUT2D eigenvalue weighted by atomic mass is 9.78. The highest BCUT2D eigenvalue weighted by Crippen LogP contribution is 2.56. The summed E-state index contributed by atoms with van der Waals surface area (Å²) in [6, 6.07) is 26.5. The highest BCUT2D eigenvalue weighted by Gasteiger charge is 2.56. The summed E-state index contributed by atoms with van der Waals surface area (Å²) in [5.74, 6) is -0.274. The largest absolute Gasteiger partial charge is 0.469 e. The fourth-order valence-electron chi connectivity index (χ4n) is 6.60. The van der Waals surface area contributed by atoms with E-state index < -0.39 is 5.54 Å². The number of fused-ring (bicyclic) bond motifs is 3. The molecule has 2 amide bonds. The standard InChI is InChI=1S/C27H25NO4.C9H14INO4/c1-19(16-17-32-30-2)25-18-31-26(29)28(25)27(20-10-4-3-5-11-20)23-14-8-6-12-21(23)22-13-7-9-15-24(22)27;1-9(2,4-7(12)14-3)6-5-15-8(13)11(6)10/h3-16,25H,17-18H2,1-2H3;6H,4-5H2,1-3H3/b19-16+;. The van der Waals surface area contributed by atoms with E-state index in [0.717, 1.165) is 33.4 Å². The van der Waals surface area contributed by atoms with Gasteiger partial charge in [-0.05, 0) is 45.7 Å². The highest BCUT2D eigenvalue weighted by molar-refractivity contribution is 14.1. The van der Waals surface area contributed by atoms with Crippen LogP contribution in [0.4, 0.5) is 9.59 Å². The number of esters is 1. The van der Waals surface area contributed by atoms with Crippen molar-refractivity contribution in [2.24, 2.45) is 5.41 Å². The Morgan fingerprint density at radius 1 is 0.915 bits per heavy atom. The molecular weight excluding hydrogens is 715 g/mol. The third-order valence-electron chi connectivity index (χ3n) is 9.01. The van der Waals surface area contributed by atoms with E-state index in [1.807, 2.05) is 97.1 Å². The third kappa shape index (κ3) is 6.48. The van der Waals surface area contributed by atoms with Crippen molar-refractivity contribution >= 4 is 41.0 Å². The number of benzene rings is 3. The summed E-state index contributed by atoms with van der Waals surface area (Å²) in [4.78, 5) is 47.5. The molecule has 2 aliphatic heterocycles. The number of nitrogens with zero attached hydrogens (tertiary/aromatic N) is 2. The first-order valence-corrected chi connectivity index (χ1v) is 16.3. The lowest BCUT2D eigenvalue weighted by Gasteiger charge is -2.43. The highest BCUT2D eigenvalue weighted by atomic mass is 127. The van der Waals surface area contributed by atoms with Gasteiger partial charge in [-0.1, -0.05) is 98.8 Å². The Morgan fingerprint density at radius 2 is 1.49 bits per heavy atom. The zero-order chi connectivity index (χ0) is 33.8. The number of hydrogen-bond acceptors (Lipinski definition) is 8. The smallest absolute Gasteiger partial charge is 0.419 e. The summed E-state index contributed by atoms with van der Waals surface area (Å²) < 4.78 is 16.7. The fourth-order valence-corrected chi connectivity index (χ4v) is 7.65. The molecule has 3 aromatic rings. The summed E-state index contributed by atoms with van der Waals surface area (Å²) >= 11 is 1.91. The molecule has 47 heavy (non-hydrogen) atoms. The second-order valence-electron chi connectivity index (χ2n) is 12.2. The predicted octanol–water partition coefficient (Wildman–Crippen LogP) is 7.05. The number of methoxy groups -OCH3 is 1. The average molecular weight is 755 g/mol. The van der Waals surface area contributed by atoms with Crippen LogP contribution in [0.1, 0.15) is 43.9 Å². The molecule has 2 heterocycles.